The summed E-state index contributed by atoms with van der Waals surface area (Å²) in [4.78, 5) is 22.8. The normalized spacial score (nSPS) is 24.8. The van der Waals surface area contributed by atoms with Crippen molar-refractivity contribution in [1.29, 1.82) is 0 Å². The first-order valence-electron chi connectivity index (χ1n) is 3.20. The van der Waals surface area contributed by atoms with Crippen molar-refractivity contribution in [2.45, 2.75) is 19.9 Å². The van der Waals surface area contributed by atoms with Crippen LogP contribution in [0.4, 0.5) is 4.79 Å². The Hall–Kier alpha value is -1.06. The van der Waals surface area contributed by atoms with Crippen LogP contribution in [-0.2, 0) is 4.79 Å². The molecule has 0 aliphatic carbocycles. The average molecular weight is 142 g/mol. The Morgan fingerprint density at radius 2 is 2.40 bits per heavy atom. The van der Waals surface area contributed by atoms with Crippen LogP contribution in [0.1, 0.15) is 13.8 Å². The van der Waals surface area contributed by atoms with Gasteiger partial charge >= 0.3 is 6.03 Å². The number of hydrogen-bond acceptors (Lipinski definition) is 2. The van der Waals surface area contributed by atoms with E-state index in [0.29, 0.717) is 6.54 Å². The molecule has 1 aliphatic heterocycles. The highest BCUT2D eigenvalue weighted by Gasteiger charge is 2.29. The number of urea groups is 1. The third-order valence-corrected chi connectivity index (χ3v) is 1.55. The van der Waals surface area contributed by atoms with Crippen molar-refractivity contribution in [3.63, 3.8) is 0 Å². The fraction of sp³-hybridized carbons (Fsp3) is 0.667. The Balaban J connectivity index is 2.72. The second-order valence-corrected chi connectivity index (χ2v) is 2.42. The molecule has 1 rings (SSSR count). The minimum absolute atomic E-state index is 0.00463. The number of carbonyl (C=O) groups excluding carboxylic acids is 2. The molecule has 4 nitrogen and oxygen atoms in total. The topological polar surface area (TPSA) is 49.4 Å². The average Bonchev–Trinajstić information content (AvgIpc) is 2.11. The molecule has 0 spiro atoms. The predicted molar refractivity (Wildman–Crippen MR) is 35.4 cm³/mol. The molecule has 0 aromatic heterocycles. The zero-order chi connectivity index (χ0) is 7.72. The summed E-state index contributed by atoms with van der Waals surface area (Å²) in [7, 11) is 0. The van der Waals surface area contributed by atoms with Gasteiger partial charge in [0, 0.05) is 13.5 Å². The van der Waals surface area contributed by atoms with Gasteiger partial charge in [-0.15, -0.1) is 0 Å². The molecule has 1 aliphatic rings. The molecule has 1 saturated heterocycles. The monoisotopic (exact) mass is 142 g/mol. The van der Waals surface area contributed by atoms with E-state index in [-0.39, 0.29) is 18.0 Å². The molecular formula is C6H10N2O2. The SMILES string of the molecule is CC(=O)N1C(=O)NCC1C. The van der Waals surface area contributed by atoms with Crippen molar-refractivity contribution in [1.82, 2.24) is 10.2 Å². The Bertz CT molecular complexity index is 179. The molecule has 0 saturated carbocycles. The van der Waals surface area contributed by atoms with Crippen LogP contribution in [0.2, 0.25) is 0 Å². The van der Waals surface area contributed by atoms with E-state index in [1.165, 1.54) is 11.8 Å². The Kier molecular flexibility index (Phi) is 1.61. The van der Waals surface area contributed by atoms with Gasteiger partial charge in [-0.25, -0.2) is 4.79 Å². The van der Waals surface area contributed by atoms with Crippen LogP contribution in [-0.4, -0.2) is 29.4 Å². The highest BCUT2D eigenvalue weighted by atomic mass is 16.2. The number of nitrogens with zero attached hydrogens (tertiary/aromatic N) is 1. The molecule has 3 amide bonds. The molecule has 56 valence electrons. The van der Waals surface area contributed by atoms with Crippen molar-refractivity contribution < 1.29 is 9.59 Å². The van der Waals surface area contributed by atoms with Gasteiger partial charge in [-0.05, 0) is 6.92 Å². The number of hydrogen-bond donors (Lipinski definition) is 1. The predicted octanol–water partition coefficient (Wildman–Crippen LogP) is -0.0534. The maximum Gasteiger partial charge on any atom is 0.324 e. The fourth-order valence-corrected chi connectivity index (χ4v) is 1.07. The van der Waals surface area contributed by atoms with Gasteiger partial charge in [-0.2, -0.15) is 0 Å². The van der Waals surface area contributed by atoms with Crippen LogP contribution < -0.4 is 5.32 Å². The van der Waals surface area contributed by atoms with E-state index in [4.69, 9.17) is 0 Å². The van der Waals surface area contributed by atoms with Gasteiger partial charge in [-0.3, -0.25) is 9.69 Å². The molecule has 1 fully saturated rings. The largest absolute Gasteiger partial charge is 0.336 e. The van der Waals surface area contributed by atoms with Gasteiger partial charge in [0.2, 0.25) is 5.91 Å². The summed E-state index contributed by atoms with van der Waals surface area (Å²) in [6, 6.07) is -0.273. The third-order valence-electron chi connectivity index (χ3n) is 1.55. The number of imide groups is 1. The fourth-order valence-electron chi connectivity index (χ4n) is 1.07. The number of rotatable bonds is 0. The number of nitrogens with one attached hydrogen (secondary N) is 1. The van der Waals surface area contributed by atoms with Gasteiger partial charge in [-0.1, -0.05) is 0 Å². The maximum absolute atomic E-state index is 10.8. The highest BCUT2D eigenvalue weighted by Crippen LogP contribution is 2.05. The van der Waals surface area contributed by atoms with Gasteiger partial charge in [0.15, 0.2) is 0 Å². The Labute approximate surface area is 59.2 Å². The Morgan fingerprint density at radius 3 is 2.60 bits per heavy atom. The van der Waals surface area contributed by atoms with E-state index in [0.717, 1.165) is 0 Å². The van der Waals surface area contributed by atoms with E-state index in [1.54, 1.807) is 0 Å². The minimum Gasteiger partial charge on any atom is -0.336 e. The lowest BCUT2D eigenvalue weighted by Gasteiger charge is -2.14. The first-order chi connectivity index (χ1) is 4.63. The van der Waals surface area contributed by atoms with Gasteiger partial charge in [0.05, 0.1) is 6.04 Å². The number of amides is 3. The van der Waals surface area contributed by atoms with Gasteiger partial charge in [0.25, 0.3) is 0 Å². The standard InChI is InChI=1S/C6H10N2O2/c1-4-3-7-6(10)8(4)5(2)9/h4H,3H2,1-2H3,(H,7,10). The lowest BCUT2D eigenvalue weighted by molar-refractivity contribution is -0.126. The summed E-state index contributed by atoms with van der Waals surface area (Å²) < 4.78 is 0. The van der Waals surface area contributed by atoms with Crippen molar-refractivity contribution >= 4 is 11.9 Å². The molecule has 0 aromatic rings. The first-order valence-corrected chi connectivity index (χ1v) is 3.20. The van der Waals surface area contributed by atoms with E-state index in [9.17, 15) is 9.59 Å². The molecule has 1 unspecified atom stereocenters. The summed E-state index contributed by atoms with van der Waals surface area (Å²) in [6.07, 6.45) is 0. The van der Waals surface area contributed by atoms with Crippen LogP contribution in [0.3, 0.4) is 0 Å². The molecule has 1 heterocycles. The van der Waals surface area contributed by atoms with E-state index in [1.807, 2.05) is 6.92 Å². The molecule has 1 N–H and O–H groups in total. The summed E-state index contributed by atoms with van der Waals surface area (Å²) >= 11 is 0. The van der Waals surface area contributed by atoms with Crippen molar-refractivity contribution in [3.8, 4) is 0 Å². The smallest absolute Gasteiger partial charge is 0.324 e. The summed E-state index contributed by atoms with van der Waals surface area (Å²) in [6.45, 7) is 3.79. The molecule has 1 atom stereocenters. The second-order valence-electron chi connectivity index (χ2n) is 2.42. The van der Waals surface area contributed by atoms with Gasteiger partial charge < -0.3 is 5.32 Å². The molecule has 0 bridgehead atoms. The quantitative estimate of drug-likeness (QED) is 0.515. The Morgan fingerprint density at radius 1 is 1.80 bits per heavy atom. The van der Waals surface area contributed by atoms with Gasteiger partial charge in [0.1, 0.15) is 0 Å². The second kappa shape index (κ2) is 2.28. The van der Waals surface area contributed by atoms with Crippen molar-refractivity contribution in [2.24, 2.45) is 0 Å². The molecular weight excluding hydrogens is 132 g/mol. The highest BCUT2D eigenvalue weighted by molar-refractivity contribution is 5.95. The van der Waals surface area contributed by atoms with E-state index >= 15 is 0 Å². The van der Waals surface area contributed by atoms with E-state index < -0.39 is 0 Å². The maximum atomic E-state index is 10.8. The number of carbonyl (C=O) groups is 2. The summed E-state index contributed by atoms with van der Waals surface area (Å²) in [5.74, 6) is -0.192. The zero-order valence-corrected chi connectivity index (χ0v) is 6.05. The molecule has 0 aromatic carbocycles. The van der Waals surface area contributed by atoms with Crippen LogP contribution in [0, 0.1) is 0 Å². The minimum atomic E-state index is -0.278. The van der Waals surface area contributed by atoms with E-state index in [2.05, 4.69) is 5.32 Å². The van der Waals surface area contributed by atoms with Crippen LogP contribution in [0.5, 0.6) is 0 Å². The summed E-state index contributed by atoms with van der Waals surface area (Å²) in [5.41, 5.74) is 0. The third kappa shape index (κ3) is 0.964. The molecule has 10 heavy (non-hydrogen) atoms. The van der Waals surface area contributed by atoms with Crippen LogP contribution in [0.25, 0.3) is 0 Å². The van der Waals surface area contributed by atoms with Crippen LogP contribution >= 0.6 is 0 Å². The van der Waals surface area contributed by atoms with Crippen molar-refractivity contribution in [2.75, 3.05) is 6.54 Å². The molecule has 4 heteroatoms. The summed E-state index contributed by atoms with van der Waals surface area (Å²) in [5, 5.41) is 2.57. The molecule has 0 radical (unpaired) electrons. The van der Waals surface area contributed by atoms with Crippen LogP contribution in [0.15, 0.2) is 0 Å². The zero-order valence-electron chi connectivity index (χ0n) is 6.05. The lowest BCUT2D eigenvalue weighted by atomic mass is 10.3. The lowest BCUT2D eigenvalue weighted by Crippen LogP contribution is -2.36. The van der Waals surface area contributed by atoms with Crippen molar-refractivity contribution in [3.05, 3.63) is 0 Å². The first kappa shape index (κ1) is 7.05.